The molecule has 0 aromatic carbocycles. The Labute approximate surface area is 123 Å². The number of nitrogens with one attached hydrogen (secondary N) is 1. The molecule has 0 aliphatic carbocycles. The molecule has 4 nitrogen and oxygen atoms in total. The molecule has 0 aromatic rings. The number of carbonyl (C=O) groups excluding carboxylic acids is 2. The molecule has 20 heavy (non-hydrogen) atoms. The van der Waals surface area contributed by atoms with Crippen LogP contribution in [0.15, 0.2) is 0 Å². The highest BCUT2D eigenvalue weighted by atomic mass is 16.2. The summed E-state index contributed by atoms with van der Waals surface area (Å²) in [6.45, 7) is 14.3. The fourth-order valence-corrected chi connectivity index (χ4v) is 2.86. The Hall–Kier alpha value is -1.06. The Morgan fingerprint density at radius 3 is 2.15 bits per heavy atom. The van der Waals surface area contributed by atoms with Crippen LogP contribution >= 0.6 is 0 Å². The summed E-state index contributed by atoms with van der Waals surface area (Å²) in [6, 6.07) is -0.657. The molecule has 1 fully saturated rings. The summed E-state index contributed by atoms with van der Waals surface area (Å²) < 4.78 is 0. The van der Waals surface area contributed by atoms with Crippen LogP contribution in [-0.4, -0.2) is 34.8 Å². The standard InChI is InChI=1S/C16H30N2O2/c1-8-11(4)18-13(16(5,6)7)14(19)17-12(15(18)20)9-10(2)3/h10-13H,8-9H2,1-7H3,(H,17,19). The van der Waals surface area contributed by atoms with Crippen molar-refractivity contribution >= 4 is 11.8 Å². The average Bonchev–Trinajstić information content (AvgIpc) is 2.29. The van der Waals surface area contributed by atoms with Crippen LogP contribution in [-0.2, 0) is 9.59 Å². The van der Waals surface area contributed by atoms with E-state index in [1.54, 1.807) is 0 Å². The van der Waals surface area contributed by atoms with Crippen LogP contribution in [0.4, 0.5) is 0 Å². The van der Waals surface area contributed by atoms with Crippen LogP contribution in [0.2, 0.25) is 0 Å². The van der Waals surface area contributed by atoms with E-state index in [-0.39, 0.29) is 35.4 Å². The van der Waals surface area contributed by atoms with Crippen molar-refractivity contribution in [2.24, 2.45) is 11.3 Å². The van der Waals surface area contributed by atoms with Gasteiger partial charge in [-0.25, -0.2) is 0 Å². The first-order valence-corrected chi connectivity index (χ1v) is 7.72. The number of piperazine rings is 1. The molecule has 3 atom stereocenters. The largest absolute Gasteiger partial charge is 0.342 e. The maximum absolute atomic E-state index is 12.8. The van der Waals surface area contributed by atoms with E-state index in [2.05, 4.69) is 26.1 Å². The summed E-state index contributed by atoms with van der Waals surface area (Å²) in [6.07, 6.45) is 1.56. The van der Waals surface area contributed by atoms with Crippen molar-refractivity contribution in [3.05, 3.63) is 0 Å². The lowest BCUT2D eigenvalue weighted by Crippen LogP contribution is -2.68. The Morgan fingerprint density at radius 2 is 1.75 bits per heavy atom. The second-order valence-electron chi connectivity index (χ2n) is 7.46. The maximum Gasteiger partial charge on any atom is 0.246 e. The van der Waals surface area contributed by atoms with Gasteiger partial charge in [0, 0.05) is 6.04 Å². The zero-order valence-corrected chi connectivity index (χ0v) is 14.0. The van der Waals surface area contributed by atoms with Crippen molar-refractivity contribution in [1.29, 1.82) is 0 Å². The third-order valence-electron chi connectivity index (χ3n) is 3.99. The second-order valence-corrected chi connectivity index (χ2v) is 7.46. The molecule has 0 saturated carbocycles. The summed E-state index contributed by atoms with van der Waals surface area (Å²) >= 11 is 0. The van der Waals surface area contributed by atoms with Crippen LogP contribution in [0.3, 0.4) is 0 Å². The van der Waals surface area contributed by atoms with Gasteiger partial charge in [-0.3, -0.25) is 9.59 Å². The highest BCUT2D eigenvalue weighted by Gasteiger charge is 2.47. The fourth-order valence-electron chi connectivity index (χ4n) is 2.86. The first-order chi connectivity index (χ1) is 9.09. The quantitative estimate of drug-likeness (QED) is 0.861. The summed E-state index contributed by atoms with van der Waals surface area (Å²) in [4.78, 5) is 27.1. The number of hydrogen-bond acceptors (Lipinski definition) is 2. The summed E-state index contributed by atoms with van der Waals surface area (Å²) in [5, 5.41) is 2.93. The number of carbonyl (C=O) groups is 2. The van der Waals surface area contributed by atoms with E-state index >= 15 is 0 Å². The van der Waals surface area contributed by atoms with E-state index in [1.165, 1.54) is 0 Å². The molecule has 4 heteroatoms. The number of nitrogens with zero attached hydrogens (tertiary/aromatic N) is 1. The normalized spacial score (nSPS) is 25.9. The van der Waals surface area contributed by atoms with Gasteiger partial charge >= 0.3 is 0 Å². The van der Waals surface area contributed by atoms with Gasteiger partial charge in [-0.05, 0) is 31.1 Å². The first kappa shape index (κ1) is 17.0. The number of hydrogen-bond donors (Lipinski definition) is 1. The van der Waals surface area contributed by atoms with Crippen LogP contribution in [0.1, 0.15) is 61.3 Å². The first-order valence-electron chi connectivity index (χ1n) is 7.72. The van der Waals surface area contributed by atoms with E-state index in [1.807, 2.05) is 32.6 Å². The van der Waals surface area contributed by atoms with E-state index in [4.69, 9.17) is 0 Å². The molecule has 1 rings (SSSR count). The van der Waals surface area contributed by atoms with Gasteiger partial charge in [-0.15, -0.1) is 0 Å². The third-order valence-corrected chi connectivity index (χ3v) is 3.99. The van der Waals surface area contributed by atoms with Gasteiger partial charge < -0.3 is 10.2 Å². The predicted molar refractivity (Wildman–Crippen MR) is 81.2 cm³/mol. The van der Waals surface area contributed by atoms with Gasteiger partial charge in [0.2, 0.25) is 11.8 Å². The molecule has 1 N–H and O–H groups in total. The minimum Gasteiger partial charge on any atom is -0.342 e. The van der Waals surface area contributed by atoms with Crippen molar-refractivity contribution in [3.8, 4) is 0 Å². The molecule has 0 spiro atoms. The third kappa shape index (κ3) is 3.53. The molecular weight excluding hydrogens is 252 g/mol. The van der Waals surface area contributed by atoms with Crippen molar-refractivity contribution in [2.75, 3.05) is 0 Å². The van der Waals surface area contributed by atoms with E-state index < -0.39 is 0 Å². The van der Waals surface area contributed by atoms with Crippen molar-refractivity contribution in [3.63, 3.8) is 0 Å². The molecule has 2 amide bonds. The van der Waals surface area contributed by atoms with Crippen molar-refractivity contribution in [2.45, 2.75) is 79.4 Å². The van der Waals surface area contributed by atoms with E-state index in [0.29, 0.717) is 12.3 Å². The average molecular weight is 282 g/mol. The molecule has 1 aliphatic rings. The molecule has 1 heterocycles. The second kappa shape index (κ2) is 6.15. The summed E-state index contributed by atoms with van der Waals surface area (Å²) in [5.74, 6) is 0.449. The van der Waals surface area contributed by atoms with Gasteiger partial charge in [0.1, 0.15) is 12.1 Å². The summed E-state index contributed by atoms with van der Waals surface area (Å²) in [5.41, 5.74) is -0.258. The number of rotatable bonds is 4. The highest BCUT2D eigenvalue weighted by molar-refractivity contribution is 5.97. The molecule has 116 valence electrons. The van der Waals surface area contributed by atoms with Gasteiger partial charge in [0.15, 0.2) is 0 Å². The summed E-state index contributed by atoms with van der Waals surface area (Å²) in [7, 11) is 0. The Kier molecular flexibility index (Phi) is 5.22. The van der Waals surface area contributed by atoms with Crippen molar-refractivity contribution < 1.29 is 9.59 Å². The lowest BCUT2D eigenvalue weighted by atomic mass is 9.81. The molecule has 1 saturated heterocycles. The van der Waals surface area contributed by atoms with Crippen LogP contribution in [0.5, 0.6) is 0 Å². The van der Waals surface area contributed by atoms with Gasteiger partial charge in [-0.2, -0.15) is 0 Å². The lowest BCUT2D eigenvalue weighted by molar-refractivity contribution is -0.157. The van der Waals surface area contributed by atoms with E-state index in [9.17, 15) is 9.59 Å². The molecule has 0 bridgehead atoms. The minimum absolute atomic E-state index is 0.0111. The fraction of sp³-hybridized carbons (Fsp3) is 0.875. The van der Waals surface area contributed by atoms with Crippen LogP contribution in [0, 0.1) is 11.3 Å². The Balaban J connectivity index is 3.11. The molecule has 1 aliphatic heterocycles. The molecule has 0 aromatic heterocycles. The molecule has 3 unspecified atom stereocenters. The van der Waals surface area contributed by atoms with Gasteiger partial charge in [0.05, 0.1) is 0 Å². The Morgan fingerprint density at radius 1 is 1.20 bits per heavy atom. The monoisotopic (exact) mass is 282 g/mol. The van der Waals surface area contributed by atoms with Crippen molar-refractivity contribution in [1.82, 2.24) is 10.2 Å². The SMILES string of the molecule is CCC(C)N1C(=O)C(CC(C)C)NC(=O)C1C(C)(C)C. The van der Waals surface area contributed by atoms with Crippen LogP contribution in [0.25, 0.3) is 0 Å². The lowest BCUT2D eigenvalue weighted by Gasteiger charge is -2.47. The number of amides is 2. The Bertz CT molecular complexity index is 371. The highest BCUT2D eigenvalue weighted by Crippen LogP contribution is 2.31. The van der Waals surface area contributed by atoms with E-state index in [0.717, 1.165) is 6.42 Å². The zero-order chi connectivity index (χ0) is 15.7. The molecule has 0 radical (unpaired) electrons. The predicted octanol–water partition coefficient (Wildman–Crippen LogP) is 2.57. The maximum atomic E-state index is 12.8. The van der Waals surface area contributed by atoms with Gasteiger partial charge in [-0.1, -0.05) is 41.5 Å². The molecular formula is C16H30N2O2. The topological polar surface area (TPSA) is 49.4 Å². The zero-order valence-electron chi connectivity index (χ0n) is 14.0. The van der Waals surface area contributed by atoms with Crippen LogP contribution < -0.4 is 5.32 Å². The van der Waals surface area contributed by atoms with Gasteiger partial charge in [0.25, 0.3) is 0 Å². The smallest absolute Gasteiger partial charge is 0.246 e. The minimum atomic E-state index is -0.381.